The molecule has 1 saturated heterocycles. The minimum absolute atomic E-state index is 0. The Morgan fingerprint density at radius 3 is 2.53 bits per heavy atom. The maximum absolute atomic E-state index is 13.5. The van der Waals surface area contributed by atoms with E-state index in [1.54, 1.807) is 7.11 Å². The normalized spacial score (nSPS) is 15.5. The van der Waals surface area contributed by atoms with Crippen molar-refractivity contribution in [3.05, 3.63) is 65.5 Å². The molecule has 2 aromatic rings. The van der Waals surface area contributed by atoms with Gasteiger partial charge in [-0.25, -0.2) is 4.39 Å². The lowest BCUT2D eigenvalue weighted by Gasteiger charge is -2.34. The first-order valence-corrected chi connectivity index (χ1v) is 10.9. The van der Waals surface area contributed by atoms with Crippen LogP contribution in [0.3, 0.4) is 0 Å². The van der Waals surface area contributed by atoms with Crippen LogP contribution in [0.15, 0.2) is 53.5 Å². The SMILES string of the molecule is CCNC(=NCC(c1ccc(F)cc1)N1CCOCC1)NCCc1ccccc1OC.I. The fraction of sp³-hybridized carbons (Fsp3) is 0.458. The zero-order chi connectivity index (χ0) is 21.9. The summed E-state index contributed by atoms with van der Waals surface area (Å²) < 4.78 is 24.4. The second kappa shape index (κ2) is 14.3. The van der Waals surface area contributed by atoms with E-state index >= 15 is 0 Å². The van der Waals surface area contributed by atoms with Crippen LogP contribution >= 0.6 is 24.0 Å². The highest BCUT2D eigenvalue weighted by Gasteiger charge is 2.22. The molecule has 176 valence electrons. The molecule has 1 aliphatic rings. The molecular weight excluding hydrogens is 522 g/mol. The molecule has 0 aliphatic carbocycles. The molecule has 0 spiro atoms. The number of nitrogens with zero attached hydrogens (tertiary/aromatic N) is 2. The van der Waals surface area contributed by atoms with E-state index in [0.29, 0.717) is 19.8 Å². The molecule has 6 nitrogen and oxygen atoms in total. The lowest BCUT2D eigenvalue weighted by atomic mass is 10.0. The third kappa shape index (κ3) is 7.90. The van der Waals surface area contributed by atoms with Crippen LogP contribution in [-0.2, 0) is 11.2 Å². The summed E-state index contributed by atoms with van der Waals surface area (Å²) in [7, 11) is 1.69. The zero-order valence-electron chi connectivity index (χ0n) is 18.9. The summed E-state index contributed by atoms with van der Waals surface area (Å²) in [5.74, 6) is 1.45. The van der Waals surface area contributed by atoms with Gasteiger partial charge in [0.25, 0.3) is 0 Å². The maximum atomic E-state index is 13.5. The first kappa shape index (κ1) is 26.3. The largest absolute Gasteiger partial charge is 0.496 e. The number of methoxy groups -OCH3 is 1. The number of nitrogens with one attached hydrogen (secondary N) is 2. The number of guanidine groups is 1. The highest BCUT2D eigenvalue weighted by molar-refractivity contribution is 14.0. The van der Waals surface area contributed by atoms with Crippen molar-refractivity contribution in [3.8, 4) is 5.75 Å². The third-order valence-electron chi connectivity index (χ3n) is 5.39. The van der Waals surface area contributed by atoms with Crippen LogP contribution in [-0.4, -0.2) is 63.9 Å². The van der Waals surface area contributed by atoms with Gasteiger partial charge in [-0.1, -0.05) is 30.3 Å². The van der Waals surface area contributed by atoms with E-state index in [4.69, 9.17) is 14.5 Å². The van der Waals surface area contributed by atoms with E-state index in [1.165, 1.54) is 12.1 Å². The Bertz CT molecular complexity index is 829. The Balaban J connectivity index is 0.00000363. The molecule has 8 heteroatoms. The van der Waals surface area contributed by atoms with Crippen molar-refractivity contribution in [1.82, 2.24) is 15.5 Å². The Hall–Kier alpha value is -1.91. The summed E-state index contributed by atoms with van der Waals surface area (Å²) in [6, 6.07) is 14.9. The molecule has 1 atom stereocenters. The fourth-order valence-electron chi connectivity index (χ4n) is 3.75. The Labute approximate surface area is 207 Å². The van der Waals surface area contributed by atoms with Gasteiger partial charge in [0.1, 0.15) is 11.6 Å². The first-order valence-electron chi connectivity index (χ1n) is 10.9. The molecule has 1 aliphatic heterocycles. The summed E-state index contributed by atoms with van der Waals surface area (Å²) in [4.78, 5) is 7.21. The van der Waals surface area contributed by atoms with Crippen molar-refractivity contribution in [2.45, 2.75) is 19.4 Å². The van der Waals surface area contributed by atoms with E-state index < -0.39 is 0 Å². The van der Waals surface area contributed by atoms with Gasteiger partial charge in [0.15, 0.2) is 5.96 Å². The van der Waals surface area contributed by atoms with Crippen LogP contribution in [0.25, 0.3) is 0 Å². The average Bonchev–Trinajstić information content (AvgIpc) is 2.81. The quantitative estimate of drug-likeness (QED) is 0.281. The molecule has 0 bridgehead atoms. The molecule has 32 heavy (non-hydrogen) atoms. The predicted octanol–water partition coefficient (Wildman–Crippen LogP) is 3.62. The third-order valence-corrected chi connectivity index (χ3v) is 5.39. The number of ether oxygens (including phenoxy) is 2. The zero-order valence-corrected chi connectivity index (χ0v) is 21.2. The number of benzene rings is 2. The van der Waals surface area contributed by atoms with Crippen molar-refractivity contribution in [3.63, 3.8) is 0 Å². The van der Waals surface area contributed by atoms with Crippen molar-refractivity contribution in [2.24, 2.45) is 4.99 Å². The number of hydrogen-bond donors (Lipinski definition) is 2. The van der Waals surface area contributed by atoms with E-state index in [9.17, 15) is 4.39 Å². The van der Waals surface area contributed by atoms with Crippen LogP contribution in [0.2, 0.25) is 0 Å². The number of para-hydroxylation sites is 1. The van der Waals surface area contributed by atoms with Crippen LogP contribution in [0.4, 0.5) is 4.39 Å². The van der Waals surface area contributed by atoms with Crippen molar-refractivity contribution < 1.29 is 13.9 Å². The van der Waals surface area contributed by atoms with Gasteiger partial charge >= 0.3 is 0 Å². The number of morpholine rings is 1. The Kier molecular flexibility index (Phi) is 11.8. The lowest BCUT2D eigenvalue weighted by Crippen LogP contribution is -2.42. The summed E-state index contributed by atoms with van der Waals surface area (Å²) in [6.07, 6.45) is 0.833. The van der Waals surface area contributed by atoms with Gasteiger partial charge in [0.05, 0.1) is 32.9 Å². The molecule has 1 unspecified atom stereocenters. The maximum Gasteiger partial charge on any atom is 0.191 e. The monoisotopic (exact) mass is 556 g/mol. The Morgan fingerprint density at radius 1 is 1.12 bits per heavy atom. The lowest BCUT2D eigenvalue weighted by molar-refractivity contribution is 0.0179. The van der Waals surface area contributed by atoms with Gasteiger partial charge < -0.3 is 20.1 Å². The number of rotatable bonds is 9. The predicted molar refractivity (Wildman–Crippen MR) is 138 cm³/mol. The number of aliphatic imine (C=N–C) groups is 1. The molecule has 2 N–H and O–H groups in total. The summed E-state index contributed by atoms with van der Waals surface area (Å²) in [6.45, 7) is 7.25. The van der Waals surface area contributed by atoms with Crippen molar-refractivity contribution >= 4 is 29.9 Å². The van der Waals surface area contributed by atoms with E-state index in [2.05, 4.69) is 28.5 Å². The van der Waals surface area contributed by atoms with E-state index in [-0.39, 0.29) is 35.8 Å². The van der Waals surface area contributed by atoms with E-state index in [0.717, 1.165) is 55.4 Å². The molecular formula is C24H34FIN4O2. The summed E-state index contributed by atoms with van der Waals surface area (Å²) in [5, 5.41) is 6.74. The average molecular weight is 556 g/mol. The minimum Gasteiger partial charge on any atom is -0.496 e. The summed E-state index contributed by atoms with van der Waals surface area (Å²) in [5.41, 5.74) is 2.22. The van der Waals surface area contributed by atoms with Gasteiger partial charge in [0.2, 0.25) is 0 Å². The fourth-order valence-corrected chi connectivity index (χ4v) is 3.75. The van der Waals surface area contributed by atoms with Crippen LogP contribution in [0.5, 0.6) is 5.75 Å². The molecule has 0 saturated carbocycles. The topological polar surface area (TPSA) is 58.1 Å². The molecule has 0 aromatic heterocycles. The van der Waals surface area contributed by atoms with E-state index in [1.807, 2.05) is 30.3 Å². The van der Waals surface area contributed by atoms with Gasteiger partial charge in [-0.05, 0) is 42.7 Å². The van der Waals surface area contributed by atoms with Crippen molar-refractivity contribution in [1.29, 1.82) is 0 Å². The second-order valence-electron chi connectivity index (χ2n) is 7.42. The van der Waals surface area contributed by atoms with Crippen molar-refractivity contribution in [2.75, 3.05) is 53.0 Å². The number of halogens is 2. The molecule has 1 heterocycles. The minimum atomic E-state index is -0.223. The second-order valence-corrected chi connectivity index (χ2v) is 7.42. The molecule has 3 rings (SSSR count). The smallest absolute Gasteiger partial charge is 0.191 e. The van der Waals surface area contributed by atoms with Gasteiger partial charge in [-0.2, -0.15) is 0 Å². The molecule has 2 aromatic carbocycles. The van der Waals surface area contributed by atoms with Crippen LogP contribution in [0, 0.1) is 5.82 Å². The standard InChI is InChI=1S/C24H33FN4O2.HI/c1-3-26-24(27-13-12-20-6-4-5-7-23(20)30-2)28-18-22(29-14-16-31-17-15-29)19-8-10-21(25)11-9-19;/h4-11,22H,3,12-18H2,1-2H3,(H2,26,27,28);1H. The van der Waals surface area contributed by atoms with Gasteiger partial charge in [-0.15, -0.1) is 24.0 Å². The molecule has 0 amide bonds. The van der Waals surface area contributed by atoms with Crippen LogP contribution in [0.1, 0.15) is 24.1 Å². The molecule has 0 radical (unpaired) electrons. The highest BCUT2D eigenvalue weighted by Crippen LogP contribution is 2.23. The highest BCUT2D eigenvalue weighted by atomic mass is 127. The Morgan fingerprint density at radius 2 is 1.84 bits per heavy atom. The number of hydrogen-bond acceptors (Lipinski definition) is 4. The van der Waals surface area contributed by atoms with Gasteiger partial charge in [0, 0.05) is 26.2 Å². The summed E-state index contributed by atoms with van der Waals surface area (Å²) >= 11 is 0. The van der Waals surface area contributed by atoms with Crippen LogP contribution < -0.4 is 15.4 Å². The molecule has 1 fully saturated rings. The van der Waals surface area contributed by atoms with Gasteiger partial charge in [-0.3, -0.25) is 9.89 Å². The first-order chi connectivity index (χ1) is 15.2.